The molecule has 114 valence electrons. The SMILES string of the molecule is O=C(CCc1cccc2c1OCO2)Nc1ccc(F)c(F)c1. The maximum absolute atomic E-state index is 13.1. The van der Waals surface area contributed by atoms with Crippen LogP contribution >= 0.6 is 0 Å². The van der Waals surface area contributed by atoms with Gasteiger partial charge in [-0.1, -0.05) is 12.1 Å². The van der Waals surface area contributed by atoms with Crippen molar-refractivity contribution in [2.45, 2.75) is 12.8 Å². The minimum absolute atomic E-state index is 0.174. The Labute approximate surface area is 125 Å². The third-order valence-corrected chi connectivity index (χ3v) is 3.30. The van der Waals surface area contributed by atoms with Gasteiger partial charge in [0.2, 0.25) is 12.7 Å². The van der Waals surface area contributed by atoms with Crippen LogP contribution in [0.2, 0.25) is 0 Å². The van der Waals surface area contributed by atoms with Crippen molar-refractivity contribution in [3.8, 4) is 11.5 Å². The van der Waals surface area contributed by atoms with Crippen LogP contribution in [-0.4, -0.2) is 12.7 Å². The minimum Gasteiger partial charge on any atom is -0.454 e. The summed E-state index contributed by atoms with van der Waals surface area (Å²) in [4.78, 5) is 11.9. The standard InChI is InChI=1S/C16H13F2NO3/c17-12-6-5-11(8-13(12)18)19-15(20)7-4-10-2-1-3-14-16(10)22-9-21-14/h1-3,5-6,8H,4,7,9H2,(H,19,20). The Morgan fingerprint density at radius 2 is 2.00 bits per heavy atom. The Kier molecular flexibility index (Phi) is 3.91. The lowest BCUT2D eigenvalue weighted by atomic mass is 10.1. The largest absolute Gasteiger partial charge is 0.454 e. The van der Waals surface area contributed by atoms with E-state index in [0.29, 0.717) is 17.9 Å². The molecule has 0 radical (unpaired) electrons. The summed E-state index contributed by atoms with van der Waals surface area (Å²) in [6.07, 6.45) is 0.654. The number of hydrogen-bond donors (Lipinski definition) is 1. The molecule has 0 spiro atoms. The average molecular weight is 305 g/mol. The van der Waals surface area contributed by atoms with Crippen molar-refractivity contribution in [3.63, 3.8) is 0 Å². The van der Waals surface area contributed by atoms with E-state index in [1.165, 1.54) is 6.07 Å². The highest BCUT2D eigenvalue weighted by atomic mass is 19.2. The van der Waals surface area contributed by atoms with E-state index < -0.39 is 11.6 Å². The maximum Gasteiger partial charge on any atom is 0.231 e. The summed E-state index contributed by atoms with van der Waals surface area (Å²) in [5.74, 6) is -0.914. The van der Waals surface area contributed by atoms with Gasteiger partial charge in [0.15, 0.2) is 23.1 Å². The normalized spacial score (nSPS) is 12.3. The van der Waals surface area contributed by atoms with Crippen LogP contribution in [0.4, 0.5) is 14.5 Å². The minimum atomic E-state index is -0.996. The second-order valence-corrected chi connectivity index (χ2v) is 4.83. The number of carbonyl (C=O) groups is 1. The smallest absolute Gasteiger partial charge is 0.231 e. The molecule has 1 aliphatic heterocycles. The molecule has 0 fully saturated rings. The molecule has 3 rings (SSSR count). The molecule has 0 aromatic heterocycles. The van der Waals surface area contributed by atoms with Gasteiger partial charge in [-0.15, -0.1) is 0 Å². The fourth-order valence-corrected chi connectivity index (χ4v) is 2.23. The van der Waals surface area contributed by atoms with Gasteiger partial charge >= 0.3 is 0 Å². The van der Waals surface area contributed by atoms with Crippen LogP contribution in [0.5, 0.6) is 11.5 Å². The van der Waals surface area contributed by atoms with E-state index in [9.17, 15) is 13.6 Å². The quantitative estimate of drug-likeness (QED) is 0.943. The Balaban J connectivity index is 1.61. The van der Waals surface area contributed by atoms with Gasteiger partial charge in [0.25, 0.3) is 0 Å². The van der Waals surface area contributed by atoms with Crippen molar-refractivity contribution >= 4 is 11.6 Å². The molecule has 0 bridgehead atoms. The van der Waals surface area contributed by atoms with Crippen LogP contribution in [0.1, 0.15) is 12.0 Å². The summed E-state index contributed by atoms with van der Waals surface area (Å²) in [7, 11) is 0. The highest BCUT2D eigenvalue weighted by Gasteiger charge is 2.17. The summed E-state index contributed by atoms with van der Waals surface area (Å²) in [6, 6.07) is 8.72. The first-order valence-electron chi connectivity index (χ1n) is 6.76. The number of fused-ring (bicyclic) bond motifs is 1. The highest BCUT2D eigenvalue weighted by Crippen LogP contribution is 2.35. The molecule has 6 heteroatoms. The second kappa shape index (κ2) is 6.01. The van der Waals surface area contributed by atoms with E-state index in [0.717, 1.165) is 17.7 Å². The van der Waals surface area contributed by atoms with Crippen molar-refractivity contribution in [1.29, 1.82) is 0 Å². The van der Waals surface area contributed by atoms with Gasteiger partial charge in [-0.2, -0.15) is 0 Å². The molecule has 2 aromatic carbocycles. The molecule has 0 saturated heterocycles. The zero-order valence-electron chi connectivity index (χ0n) is 11.6. The third-order valence-electron chi connectivity index (χ3n) is 3.30. The van der Waals surface area contributed by atoms with Crippen LogP contribution in [0.25, 0.3) is 0 Å². The summed E-state index contributed by atoms with van der Waals surface area (Å²) in [5, 5.41) is 2.53. The van der Waals surface area contributed by atoms with Gasteiger partial charge in [-0.25, -0.2) is 8.78 Å². The van der Waals surface area contributed by atoms with Crippen LogP contribution in [0.15, 0.2) is 36.4 Å². The molecule has 22 heavy (non-hydrogen) atoms. The number of halogens is 2. The lowest BCUT2D eigenvalue weighted by Crippen LogP contribution is -2.12. The van der Waals surface area contributed by atoms with Gasteiger partial charge in [-0.05, 0) is 30.2 Å². The van der Waals surface area contributed by atoms with Crippen molar-refractivity contribution in [1.82, 2.24) is 0 Å². The van der Waals surface area contributed by atoms with Crippen molar-refractivity contribution < 1.29 is 23.0 Å². The number of amides is 1. The van der Waals surface area contributed by atoms with Crippen molar-refractivity contribution in [3.05, 3.63) is 53.6 Å². The predicted octanol–water partition coefficient (Wildman–Crippen LogP) is 3.26. The molecule has 1 heterocycles. The summed E-state index contributed by atoms with van der Waals surface area (Å²) < 4.78 is 36.5. The first kappa shape index (κ1) is 14.3. The lowest BCUT2D eigenvalue weighted by Gasteiger charge is -2.07. The maximum atomic E-state index is 13.1. The molecule has 1 N–H and O–H groups in total. The van der Waals surface area contributed by atoms with Gasteiger partial charge in [0.1, 0.15) is 0 Å². The number of benzene rings is 2. The molecule has 2 aromatic rings. The van der Waals surface area contributed by atoms with E-state index in [1.54, 1.807) is 6.07 Å². The lowest BCUT2D eigenvalue weighted by molar-refractivity contribution is -0.116. The number of ether oxygens (including phenoxy) is 2. The van der Waals surface area contributed by atoms with Crippen LogP contribution in [0, 0.1) is 11.6 Å². The number of hydrogen-bond acceptors (Lipinski definition) is 3. The van der Waals surface area contributed by atoms with Gasteiger partial charge in [-0.3, -0.25) is 4.79 Å². The van der Waals surface area contributed by atoms with E-state index in [1.807, 2.05) is 12.1 Å². The second-order valence-electron chi connectivity index (χ2n) is 4.83. The molecule has 4 nitrogen and oxygen atoms in total. The average Bonchev–Trinajstić information content (AvgIpc) is 2.98. The monoisotopic (exact) mass is 305 g/mol. The van der Waals surface area contributed by atoms with Crippen molar-refractivity contribution in [2.24, 2.45) is 0 Å². The van der Waals surface area contributed by atoms with Gasteiger partial charge in [0, 0.05) is 18.2 Å². The predicted molar refractivity (Wildman–Crippen MR) is 75.9 cm³/mol. The van der Waals surface area contributed by atoms with E-state index in [2.05, 4.69) is 5.32 Å². The zero-order chi connectivity index (χ0) is 15.5. The molecule has 1 aliphatic rings. The fourth-order valence-electron chi connectivity index (χ4n) is 2.23. The molecule has 0 saturated carbocycles. The van der Waals surface area contributed by atoms with Gasteiger partial charge < -0.3 is 14.8 Å². The number of anilines is 1. The van der Waals surface area contributed by atoms with E-state index >= 15 is 0 Å². The van der Waals surface area contributed by atoms with Crippen LogP contribution in [-0.2, 0) is 11.2 Å². The Bertz CT molecular complexity index is 719. The van der Waals surface area contributed by atoms with Crippen LogP contribution < -0.4 is 14.8 Å². The number of nitrogens with one attached hydrogen (secondary N) is 1. The fraction of sp³-hybridized carbons (Fsp3) is 0.188. The molecule has 1 amide bonds. The summed E-state index contributed by atoms with van der Waals surface area (Å²) in [6.45, 7) is 0.174. The molecular formula is C16H13F2NO3. The number of rotatable bonds is 4. The van der Waals surface area contributed by atoms with Crippen LogP contribution in [0.3, 0.4) is 0 Å². The molecule has 0 atom stereocenters. The van der Waals surface area contributed by atoms with E-state index in [4.69, 9.17) is 9.47 Å². The highest BCUT2D eigenvalue weighted by molar-refractivity contribution is 5.90. The van der Waals surface area contributed by atoms with E-state index in [-0.39, 0.29) is 24.8 Å². The molecular weight excluding hydrogens is 292 g/mol. The molecule has 0 aliphatic carbocycles. The Morgan fingerprint density at radius 1 is 1.14 bits per heavy atom. The topological polar surface area (TPSA) is 47.6 Å². The summed E-state index contributed by atoms with van der Waals surface area (Å²) in [5.41, 5.74) is 1.09. The van der Waals surface area contributed by atoms with Gasteiger partial charge in [0.05, 0.1) is 0 Å². The number of para-hydroxylation sites is 1. The van der Waals surface area contributed by atoms with Crippen molar-refractivity contribution in [2.75, 3.05) is 12.1 Å². The summed E-state index contributed by atoms with van der Waals surface area (Å²) >= 11 is 0. The first-order valence-corrected chi connectivity index (χ1v) is 6.76. The Morgan fingerprint density at radius 3 is 2.82 bits per heavy atom. The zero-order valence-corrected chi connectivity index (χ0v) is 11.6. The third kappa shape index (κ3) is 3.00. The number of aryl methyl sites for hydroxylation is 1. The molecule has 0 unspecified atom stereocenters. The Hall–Kier alpha value is -2.63. The first-order chi connectivity index (χ1) is 10.6. The number of carbonyl (C=O) groups excluding carboxylic acids is 1.